The standard InChI is InChI=1S/C10H15F3N4.ClH/c1-7-5-17(3-2-14-7)6-8-4-9(16-15-8)10(11,12)13;/h4,7,14H,2-3,5-6H2,1H3,(H,15,16);1H/t7-;/m0./s1. The maximum atomic E-state index is 12.3. The molecule has 0 unspecified atom stereocenters. The Labute approximate surface area is 109 Å². The van der Waals surface area contributed by atoms with Crippen molar-refractivity contribution in [1.29, 1.82) is 0 Å². The molecule has 104 valence electrons. The maximum absolute atomic E-state index is 12.3. The van der Waals surface area contributed by atoms with Crippen molar-refractivity contribution in [3.63, 3.8) is 0 Å². The highest BCUT2D eigenvalue weighted by atomic mass is 35.5. The number of piperazine rings is 1. The molecule has 2 rings (SSSR count). The minimum Gasteiger partial charge on any atom is -0.312 e. The average molecular weight is 285 g/mol. The highest BCUT2D eigenvalue weighted by Gasteiger charge is 2.34. The third kappa shape index (κ3) is 3.86. The van der Waals surface area contributed by atoms with E-state index in [1.54, 1.807) is 0 Å². The van der Waals surface area contributed by atoms with E-state index in [9.17, 15) is 13.2 Å². The van der Waals surface area contributed by atoms with Crippen LogP contribution < -0.4 is 5.32 Å². The second kappa shape index (κ2) is 5.90. The van der Waals surface area contributed by atoms with E-state index < -0.39 is 11.9 Å². The minimum atomic E-state index is -4.37. The lowest BCUT2D eigenvalue weighted by Gasteiger charge is -2.31. The molecule has 0 saturated carbocycles. The summed E-state index contributed by atoms with van der Waals surface area (Å²) >= 11 is 0. The molecule has 1 fully saturated rings. The summed E-state index contributed by atoms with van der Waals surface area (Å²) < 4.78 is 37.0. The van der Waals surface area contributed by atoms with Crippen LogP contribution in [-0.2, 0) is 12.7 Å². The van der Waals surface area contributed by atoms with Crippen LogP contribution in [0.4, 0.5) is 13.2 Å². The Bertz CT molecular complexity index is 379. The summed E-state index contributed by atoms with van der Waals surface area (Å²) in [5.41, 5.74) is -0.345. The van der Waals surface area contributed by atoms with Crippen molar-refractivity contribution in [2.24, 2.45) is 0 Å². The van der Waals surface area contributed by atoms with E-state index in [1.165, 1.54) is 0 Å². The molecule has 1 aliphatic rings. The fraction of sp³-hybridized carbons (Fsp3) is 0.700. The highest BCUT2D eigenvalue weighted by Crippen LogP contribution is 2.27. The summed E-state index contributed by atoms with van der Waals surface area (Å²) in [5, 5.41) is 9.00. The first-order valence-corrected chi connectivity index (χ1v) is 5.52. The number of alkyl halides is 3. The fourth-order valence-electron chi connectivity index (χ4n) is 1.98. The van der Waals surface area contributed by atoms with Gasteiger partial charge in [-0.05, 0) is 13.0 Å². The number of nitrogens with one attached hydrogen (secondary N) is 2. The van der Waals surface area contributed by atoms with Crippen molar-refractivity contribution in [3.8, 4) is 0 Å². The summed E-state index contributed by atoms with van der Waals surface area (Å²) in [4.78, 5) is 2.11. The van der Waals surface area contributed by atoms with Gasteiger partial charge in [0.15, 0.2) is 5.69 Å². The fourth-order valence-corrected chi connectivity index (χ4v) is 1.98. The lowest BCUT2D eigenvalue weighted by Crippen LogP contribution is -2.48. The Kier molecular flexibility index (Phi) is 5.01. The average Bonchev–Trinajstić information content (AvgIpc) is 2.65. The van der Waals surface area contributed by atoms with Crippen LogP contribution in [0.3, 0.4) is 0 Å². The lowest BCUT2D eigenvalue weighted by atomic mass is 10.2. The lowest BCUT2D eigenvalue weighted by molar-refractivity contribution is -0.141. The molecule has 0 aliphatic carbocycles. The molecule has 2 heterocycles. The minimum absolute atomic E-state index is 0. The monoisotopic (exact) mass is 284 g/mol. The zero-order chi connectivity index (χ0) is 12.5. The Morgan fingerprint density at radius 3 is 2.78 bits per heavy atom. The molecule has 1 aromatic heterocycles. The molecule has 0 radical (unpaired) electrons. The highest BCUT2D eigenvalue weighted by molar-refractivity contribution is 5.85. The van der Waals surface area contributed by atoms with E-state index >= 15 is 0 Å². The normalized spacial score (nSPS) is 21.7. The first-order valence-electron chi connectivity index (χ1n) is 5.52. The summed E-state index contributed by atoms with van der Waals surface area (Å²) in [6, 6.07) is 1.45. The van der Waals surface area contributed by atoms with Gasteiger partial charge in [-0.15, -0.1) is 12.4 Å². The number of hydrogen-bond acceptors (Lipinski definition) is 3. The number of halogens is 4. The summed E-state index contributed by atoms with van der Waals surface area (Å²) in [5.74, 6) is 0. The molecule has 4 nitrogen and oxygen atoms in total. The third-order valence-electron chi connectivity index (χ3n) is 2.77. The second-order valence-electron chi connectivity index (χ2n) is 4.37. The molecule has 18 heavy (non-hydrogen) atoms. The van der Waals surface area contributed by atoms with Crippen molar-refractivity contribution in [2.45, 2.75) is 25.7 Å². The van der Waals surface area contributed by atoms with Crippen LogP contribution >= 0.6 is 12.4 Å². The summed E-state index contributed by atoms with van der Waals surface area (Å²) in [7, 11) is 0. The van der Waals surface area contributed by atoms with Crippen LogP contribution in [0.2, 0.25) is 0 Å². The number of aromatic amines is 1. The van der Waals surface area contributed by atoms with Gasteiger partial charge in [-0.25, -0.2) is 0 Å². The third-order valence-corrected chi connectivity index (χ3v) is 2.77. The van der Waals surface area contributed by atoms with E-state index in [-0.39, 0.29) is 12.4 Å². The molecule has 1 aromatic rings. The predicted octanol–water partition coefficient (Wildman–Crippen LogP) is 1.64. The van der Waals surface area contributed by atoms with Gasteiger partial charge in [0.25, 0.3) is 0 Å². The molecule has 1 aliphatic heterocycles. The molecular weight excluding hydrogens is 269 g/mol. The molecule has 2 N–H and O–H groups in total. The Morgan fingerprint density at radius 2 is 2.22 bits per heavy atom. The molecule has 1 atom stereocenters. The molecule has 0 amide bonds. The van der Waals surface area contributed by atoms with Crippen molar-refractivity contribution in [1.82, 2.24) is 20.4 Å². The predicted molar refractivity (Wildman–Crippen MR) is 63.6 cm³/mol. The topological polar surface area (TPSA) is 44.0 Å². The number of H-pyrrole nitrogens is 1. The Balaban J connectivity index is 0.00000162. The van der Waals surface area contributed by atoms with E-state index in [2.05, 4.69) is 27.3 Å². The second-order valence-corrected chi connectivity index (χ2v) is 4.37. The molecule has 0 spiro atoms. The first kappa shape index (κ1) is 15.3. The van der Waals surface area contributed by atoms with Gasteiger partial charge in [0.05, 0.1) is 0 Å². The first-order chi connectivity index (χ1) is 7.95. The number of hydrogen-bond donors (Lipinski definition) is 2. The van der Waals surface area contributed by atoms with Crippen molar-refractivity contribution in [2.75, 3.05) is 19.6 Å². The van der Waals surface area contributed by atoms with Gasteiger partial charge in [-0.2, -0.15) is 18.3 Å². The number of aromatic nitrogens is 2. The SMILES string of the molecule is C[C@H]1CN(Cc2cc(C(F)(F)F)n[nH]2)CCN1.Cl. The smallest absolute Gasteiger partial charge is 0.312 e. The van der Waals surface area contributed by atoms with Crippen molar-refractivity contribution >= 4 is 12.4 Å². The van der Waals surface area contributed by atoms with Crippen LogP contribution in [0.1, 0.15) is 18.3 Å². The quantitative estimate of drug-likeness (QED) is 0.868. The van der Waals surface area contributed by atoms with Crippen LogP contribution in [0.5, 0.6) is 0 Å². The van der Waals surface area contributed by atoms with Crippen molar-refractivity contribution in [3.05, 3.63) is 17.5 Å². The van der Waals surface area contributed by atoms with Gasteiger partial charge in [0.1, 0.15) is 0 Å². The van der Waals surface area contributed by atoms with Gasteiger partial charge < -0.3 is 5.32 Å². The zero-order valence-electron chi connectivity index (χ0n) is 9.92. The van der Waals surface area contributed by atoms with Gasteiger partial charge in [0.2, 0.25) is 0 Å². The largest absolute Gasteiger partial charge is 0.435 e. The molecular formula is C10H16ClF3N4. The molecule has 0 bridgehead atoms. The number of nitrogens with zero attached hydrogens (tertiary/aromatic N) is 2. The molecule has 8 heteroatoms. The van der Waals surface area contributed by atoms with Crippen LogP contribution in [-0.4, -0.2) is 40.8 Å². The van der Waals surface area contributed by atoms with E-state index in [0.29, 0.717) is 18.3 Å². The van der Waals surface area contributed by atoms with Gasteiger partial charge in [-0.1, -0.05) is 0 Å². The zero-order valence-corrected chi connectivity index (χ0v) is 10.7. The molecule has 1 saturated heterocycles. The van der Waals surface area contributed by atoms with Crippen molar-refractivity contribution < 1.29 is 13.2 Å². The van der Waals surface area contributed by atoms with Gasteiger partial charge >= 0.3 is 6.18 Å². The summed E-state index contributed by atoms with van der Waals surface area (Å²) in [6.07, 6.45) is -4.37. The van der Waals surface area contributed by atoms with Crippen LogP contribution in [0.15, 0.2) is 6.07 Å². The number of rotatable bonds is 2. The van der Waals surface area contributed by atoms with Gasteiger partial charge in [-0.3, -0.25) is 10.00 Å². The van der Waals surface area contributed by atoms with E-state index in [1.807, 2.05) is 0 Å². The van der Waals surface area contributed by atoms with E-state index in [4.69, 9.17) is 0 Å². The van der Waals surface area contributed by atoms with E-state index in [0.717, 1.165) is 25.7 Å². The Morgan fingerprint density at radius 1 is 1.50 bits per heavy atom. The molecule has 0 aromatic carbocycles. The van der Waals surface area contributed by atoms with Crippen LogP contribution in [0.25, 0.3) is 0 Å². The Hall–Kier alpha value is -0.790. The van der Waals surface area contributed by atoms with Gasteiger partial charge in [0, 0.05) is 37.9 Å². The van der Waals surface area contributed by atoms with Crippen LogP contribution in [0, 0.1) is 0 Å². The summed E-state index contributed by atoms with van der Waals surface area (Å²) in [6.45, 7) is 5.07. The maximum Gasteiger partial charge on any atom is 0.435 e.